The van der Waals surface area contributed by atoms with Crippen molar-refractivity contribution >= 4 is 34.7 Å². The number of hydrogen-bond acceptors (Lipinski definition) is 5. The second kappa shape index (κ2) is 6.34. The molecule has 2 aromatic heterocycles. The minimum atomic E-state index is -0.420. The summed E-state index contributed by atoms with van der Waals surface area (Å²) in [7, 11) is 1.53. The van der Waals surface area contributed by atoms with Crippen molar-refractivity contribution in [3.8, 4) is 5.88 Å². The van der Waals surface area contributed by atoms with E-state index in [1.165, 1.54) is 13.2 Å². The molecule has 2 rings (SSSR count). The van der Waals surface area contributed by atoms with Crippen molar-refractivity contribution in [3.05, 3.63) is 35.0 Å². The monoisotopic (exact) mass is 292 g/mol. The highest BCUT2D eigenvalue weighted by atomic mass is 35.5. The molecule has 0 unspecified atom stereocenters. The second-order valence-electron chi connectivity index (χ2n) is 3.84. The average Bonchev–Trinajstić information content (AvgIpc) is 2.46. The minimum absolute atomic E-state index is 0.330. The molecule has 0 aliphatic heterocycles. The first-order valence-corrected chi connectivity index (χ1v) is 6.37. The summed E-state index contributed by atoms with van der Waals surface area (Å²) in [6, 6.07) is 3.48. The SMILES string of the molecule is CCOC(=O)/C=C/c1cnc2nc(OC)ccc2c1Cl. The Morgan fingerprint density at radius 1 is 1.45 bits per heavy atom. The zero-order valence-corrected chi connectivity index (χ0v) is 11.8. The molecule has 0 aliphatic rings. The third-order valence-electron chi connectivity index (χ3n) is 2.56. The number of ether oxygens (including phenoxy) is 2. The topological polar surface area (TPSA) is 61.3 Å². The molecular formula is C14H13ClN2O3. The first-order chi connectivity index (χ1) is 9.65. The number of carbonyl (C=O) groups is 1. The van der Waals surface area contributed by atoms with Crippen molar-refractivity contribution in [1.82, 2.24) is 9.97 Å². The van der Waals surface area contributed by atoms with Gasteiger partial charge >= 0.3 is 5.97 Å². The normalized spacial score (nSPS) is 10.9. The third-order valence-corrected chi connectivity index (χ3v) is 2.98. The quantitative estimate of drug-likeness (QED) is 0.640. The molecule has 104 valence electrons. The van der Waals surface area contributed by atoms with E-state index in [2.05, 4.69) is 9.97 Å². The van der Waals surface area contributed by atoms with Crippen LogP contribution in [-0.2, 0) is 9.53 Å². The van der Waals surface area contributed by atoms with Crippen molar-refractivity contribution in [2.24, 2.45) is 0 Å². The fourth-order valence-electron chi connectivity index (χ4n) is 1.62. The number of hydrogen-bond donors (Lipinski definition) is 0. The molecule has 0 spiro atoms. The standard InChI is InChI=1S/C14H13ClN2O3/c1-3-20-12(18)7-4-9-8-16-14-10(13(9)15)5-6-11(17-14)19-2/h4-8H,3H2,1-2H3/b7-4+. The Bertz CT molecular complexity index is 671. The lowest BCUT2D eigenvalue weighted by atomic mass is 10.2. The van der Waals surface area contributed by atoms with Crippen LogP contribution in [0.1, 0.15) is 12.5 Å². The highest BCUT2D eigenvalue weighted by molar-refractivity contribution is 6.36. The first kappa shape index (κ1) is 14.3. The Morgan fingerprint density at radius 3 is 2.95 bits per heavy atom. The van der Waals surface area contributed by atoms with E-state index in [0.29, 0.717) is 34.1 Å². The molecule has 0 saturated heterocycles. The van der Waals surface area contributed by atoms with Crippen LogP contribution in [0.5, 0.6) is 5.88 Å². The zero-order valence-electron chi connectivity index (χ0n) is 11.1. The molecule has 2 aromatic rings. The van der Waals surface area contributed by atoms with Crippen molar-refractivity contribution in [2.75, 3.05) is 13.7 Å². The molecule has 0 atom stereocenters. The molecule has 0 aliphatic carbocycles. The lowest BCUT2D eigenvalue weighted by Gasteiger charge is -2.04. The fourth-order valence-corrected chi connectivity index (χ4v) is 1.88. The van der Waals surface area contributed by atoms with Crippen LogP contribution < -0.4 is 4.74 Å². The Balaban J connectivity index is 2.37. The molecule has 0 aromatic carbocycles. The maximum atomic E-state index is 11.3. The number of fused-ring (bicyclic) bond motifs is 1. The van der Waals surface area contributed by atoms with Gasteiger partial charge in [0, 0.05) is 29.3 Å². The van der Waals surface area contributed by atoms with E-state index in [4.69, 9.17) is 21.1 Å². The van der Waals surface area contributed by atoms with Crippen LogP contribution in [0.2, 0.25) is 5.02 Å². The molecule has 0 bridgehead atoms. The van der Waals surface area contributed by atoms with E-state index < -0.39 is 5.97 Å². The second-order valence-corrected chi connectivity index (χ2v) is 4.22. The predicted octanol–water partition coefficient (Wildman–Crippen LogP) is 2.87. The van der Waals surface area contributed by atoms with Crippen LogP contribution in [0, 0.1) is 0 Å². The predicted molar refractivity (Wildman–Crippen MR) is 76.8 cm³/mol. The highest BCUT2D eigenvalue weighted by Crippen LogP contribution is 2.27. The number of aromatic nitrogens is 2. The number of esters is 1. The number of nitrogens with zero attached hydrogens (tertiary/aromatic N) is 2. The maximum Gasteiger partial charge on any atom is 0.330 e. The summed E-state index contributed by atoms with van der Waals surface area (Å²) in [5.74, 6) is 0.0485. The van der Waals surface area contributed by atoms with Gasteiger partial charge in [-0.25, -0.2) is 9.78 Å². The Hall–Kier alpha value is -2.14. The van der Waals surface area contributed by atoms with Crippen LogP contribution >= 0.6 is 11.6 Å². The summed E-state index contributed by atoms with van der Waals surface area (Å²) < 4.78 is 9.83. The van der Waals surface area contributed by atoms with Crippen LogP contribution in [0.15, 0.2) is 24.4 Å². The largest absolute Gasteiger partial charge is 0.481 e. The van der Waals surface area contributed by atoms with Gasteiger partial charge < -0.3 is 9.47 Å². The van der Waals surface area contributed by atoms with Gasteiger partial charge in [0.15, 0.2) is 5.65 Å². The molecule has 2 heterocycles. The van der Waals surface area contributed by atoms with E-state index in [1.54, 1.807) is 31.3 Å². The Morgan fingerprint density at radius 2 is 2.25 bits per heavy atom. The number of methoxy groups -OCH3 is 1. The molecule has 0 amide bonds. The van der Waals surface area contributed by atoms with Crippen LogP contribution in [0.4, 0.5) is 0 Å². The van der Waals surface area contributed by atoms with E-state index in [-0.39, 0.29) is 0 Å². The Labute approximate surface area is 121 Å². The van der Waals surface area contributed by atoms with Gasteiger partial charge in [0.1, 0.15) is 0 Å². The lowest BCUT2D eigenvalue weighted by Crippen LogP contribution is -1.98. The summed E-state index contributed by atoms with van der Waals surface area (Å²) in [6.45, 7) is 2.08. The molecule has 5 nitrogen and oxygen atoms in total. The number of rotatable bonds is 4. The summed E-state index contributed by atoms with van der Waals surface area (Å²) in [5, 5.41) is 1.17. The van der Waals surface area contributed by atoms with Gasteiger partial charge in [0.25, 0.3) is 0 Å². The summed E-state index contributed by atoms with van der Waals surface area (Å²) in [5.41, 5.74) is 1.11. The molecule has 20 heavy (non-hydrogen) atoms. The van der Waals surface area contributed by atoms with Crippen LogP contribution in [0.25, 0.3) is 17.1 Å². The Kier molecular flexibility index (Phi) is 4.53. The molecular weight excluding hydrogens is 280 g/mol. The zero-order chi connectivity index (χ0) is 14.5. The number of carbonyl (C=O) groups excluding carboxylic acids is 1. The molecule has 0 radical (unpaired) electrons. The summed E-state index contributed by atoms with van der Waals surface area (Å²) in [4.78, 5) is 19.7. The summed E-state index contributed by atoms with van der Waals surface area (Å²) in [6.07, 6.45) is 4.43. The van der Waals surface area contributed by atoms with Gasteiger partial charge in [-0.1, -0.05) is 11.6 Å². The van der Waals surface area contributed by atoms with Crippen molar-refractivity contribution in [1.29, 1.82) is 0 Å². The average molecular weight is 293 g/mol. The van der Waals surface area contributed by atoms with Crippen molar-refractivity contribution in [2.45, 2.75) is 6.92 Å². The van der Waals surface area contributed by atoms with Gasteiger partial charge in [0.2, 0.25) is 5.88 Å². The van der Waals surface area contributed by atoms with E-state index in [1.807, 2.05) is 0 Å². The van der Waals surface area contributed by atoms with E-state index >= 15 is 0 Å². The minimum Gasteiger partial charge on any atom is -0.481 e. The summed E-state index contributed by atoms with van der Waals surface area (Å²) >= 11 is 6.27. The van der Waals surface area contributed by atoms with Gasteiger partial charge in [-0.3, -0.25) is 0 Å². The van der Waals surface area contributed by atoms with E-state index in [0.717, 1.165) is 0 Å². The van der Waals surface area contributed by atoms with Crippen LogP contribution in [0.3, 0.4) is 0 Å². The molecule has 6 heteroatoms. The third kappa shape index (κ3) is 3.05. The molecule has 0 fully saturated rings. The first-order valence-electron chi connectivity index (χ1n) is 5.99. The van der Waals surface area contributed by atoms with E-state index in [9.17, 15) is 4.79 Å². The van der Waals surface area contributed by atoms with Gasteiger partial charge in [-0.2, -0.15) is 4.98 Å². The molecule has 0 N–H and O–H groups in total. The van der Waals surface area contributed by atoms with Gasteiger partial charge in [0.05, 0.1) is 18.7 Å². The lowest BCUT2D eigenvalue weighted by molar-refractivity contribution is -0.137. The fraction of sp³-hybridized carbons (Fsp3) is 0.214. The smallest absolute Gasteiger partial charge is 0.330 e. The number of halogens is 1. The van der Waals surface area contributed by atoms with Gasteiger partial charge in [-0.05, 0) is 19.1 Å². The van der Waals surface area contributed by atoms with Crippen molar-refractivity contribution in [3.63, 3.8) is 0 Å². The highest BCUT2D eigenvalue weighted by Gasteiger charge is 2.07. The number of pyridine rings is 2. The van der Waals surface area contributed by atoms with Crippen LogP contribution in [-0.4, -0.2) is 29.7 Å². The maximum absolute atomic E-state index is 11.3. The molecule has 0 saturated carbocycles. The van der Waals surface area contributed by atoms with Crippen molar-refractivity contribution < 1.29 is 14.3 Å². The van der Waals surface area contributed by atoms with Gasteiger partial charge in [-0.15, -0.1) is 0 Å².